The van der Waals surface area contributed by atoms with Crippen molar-refractivity contribution in [2.45, 2.75) is 26.8 Å². The molecule has 0 unspecified atom stereocenters. The summed E-state index contributed by atoms with van der Waals surface area (Å²) in [5.74, 6) is 0.941. The van der Waals surface area contributed by atoms with E-state index in [9.17, 15) is 0 Å². The maximum atomic E-state index is 8.99. The van der Waals surface area contributed by atoms with E-state index in [1.807, 2.05) is 17.0 Å². The van der Waals surface area contributed by atoms with Gasteiger partial charge in [0.15, 0.2) is 12.2 Å². The zero-order chi connectivity index (χ0) is 14.0. The van der Waals surface area contributed by atoms with Crippen LogP contribution in [0.1, 0.15) is 23.3 Å². The number of nitrogens with two attached hydrogens (primary N) is 1. The molecule has 0 saturated carbocycles. The predicted octanol–water partition coefficient (Wildman–Crippen LogP) is -2.39. The molecule has 2 rings (SSSR count). The van der Waals surface area contributed by atoms with Crippen molar-refractivity contribution < 1.29 is 23.5 Å². The molecule has 0 saturated heterocycles. The Morgan fingerprint density at radius 3 is 2.89 bits per heavy atom. The Morgan fingerprint density at radius 2 is 2.26 bits per heavy atom. The van der Waals surface area contributed by atoms with Crippen LogP contribution in [0.2, 0.25) is 0 Å². The Kier molecular flexibility index (Phi) is 5.07. The molecule has 2 heterocycles. The monoisotopic (exact) mass is 301 g/mol. The van der Waals surface area contributed by atoms with E-state index in [-0.39, 0.29) is 19.0 Å². The van der Waals surface area contributed by atoms with Gasteiger partial charge in [-0.1, -0.05) is 11.3 Å². The number of hydrogen-bond donors (Lipinski definition) is 2. The lowest BCUT2D eigenvalue weighted by Gasteiger charge is -2.01. The number of nitrogens with zero attached hydrogens (tertiary/aromatic N) is 3. The summed E-state index contributed by atoms with van der Waals surface area (Å²) in [4.78, 5) is 9.26. The fourth-order valence-corrected chi connectivity index (χ4v) is 2.59. The van der Waals surface area contributed by atoms with Crippen LogP contribution in [0.15, 0.2) is 11.7 Å². The quantitative estimate of drug-likeness (QED) is 0.618. The molecular formula is C12H17ClN4OS. The molecule has 0 bridgehead atoms. The molecule has 0 amide bonds. The topological polar surface area (TPSA) is 75.9 Å². The third kappa shape index (κ3) is 3.62. The maximum Gasteiger partial charge on any atom is 0.225 e. The lowest BCUT2D eigenvalue weighted by atomic mass is 10.2. The van der Waals surface area contributed by atoms with Crippen molar-refractivity contribution in [2.75, 3.05) is 12.3 Å². The van der Waals surface area contributed by atoms with Gasteiger partial charge in [-0.25, -0.2) is 9.97 Å². The lowest BCUT2D eigenvalue weighted by Crippen LogP contribution is -3.00. The van der Waals surface area contributed by atoms with Gasteiger partial charge in [-0.2, -0.15) is 4.57 Å². The summed E-state index contributed by atoms with van der Waals surface area (Å²) < 4.78 is 10.1. The van der Waals surface area contributed by atoms with Gasteiger partial charge in [-0.3, -0.25) is 0 Å². The Bertz CT molecular complexity index is 593. The highest BCUT2D eigenvalue weighted by molar-refractivity contribution is 7.09. The van der Waals surface area contributed by atoms with E-state index in [1.165, 1.54) is 11.3 Å². The first-order chi connectivity index (χ1) is 9.04. The fraction of sp³-hybridized carbons (Fsp3) is 0.417. The van der Waals surface area contributed by atoms with Crippen molar-refractivity contribution >= 4 is 17.2 Å². The van der Waals surface area contributed by atoms with E-state index in [0.717, 1.165) is 10.6 Å². The molecule has 0 spiro atoms. The van der Waals surface area contributed by atoms with Crippen LogP contribution in [-0.2, 0) is 12.9 Å². The van der Waals surface area contributed by atoms with Gasteiger partial charge in [-0.15, -0.1) is 0 Å². The minimum absolute atomic E-state index is 0. The summed E-state index contributed by atoms with van der Waals surface area (Å²) in [7, 11) is 0. The first-order valence-corrected chi connectivity index (χ1v) is 6.52. The third-order valence-electron chi connectivity index (χ3n) is 2.68. The van der Waals surface area contributed by atoms with Crippen molar-refractivity contribution in [3.8, 4) is 0 Å². The number of thiazole rings is 1. The number of aromatic nitrogens is 3. The zero-order valence-corrected chi connectivity index (χ0v) is 12.4. The molecule has 5 nitrogen and oxygen atoms in total. The zero-order valence-electron chi connectivity index (χ0n) is 11.8. The van der Waals surface area contributed by atoms with Gasteiger partial charge in [0, 0.05) is 26.1 Å². The molecule has 0 aliphatic carbocycles. The minimum atomic E-state index is -0.663. The fourth-order valence-electron chi connectivity index (χ4n) is 1.64. The van der Waals surface area contributed by atoms with Crippen molar-refractivity contribution in [3.05, 3.63) is 33.7 Å². The molecular weight excluding hydrogens is 284 g/mol. The molecule has 0 aliphatic heterocycles. The molecule has 0 aromatic carbocycles. The van der Waals surface area contributed by atoms with Crippen LogP contribution in [0.5, 0.6) is 0 Å². The molecule has 3 N–H and O–H groups in total. The van der Waals surface area contributed by atoms with Crippen molar-refractivity contribution in [3.63, 3.8) is 0 Å². The number of aliphatic hydroxyl groups excluding tert-OH is 1. The highest BCUT2D eigenvalue weighted by Gasteiger charge is 2.16. The summed E-state index contributed by atoms with van der Waals surface area (Å²) in [6.45, 7) is 3.15. The minimum Gasteiger partial charge on any atom is -1.00 e. The van der Waals surface area contributed by atoms with E-state index >= 15 is 0 Å². The van der Waals surface area contributed by atoms with E-state index in [4.69, 9.17) is 12.2 Å². The number of halogens is 1. The van der Waals surface area contributed by atoms with Gasteiger partial charge in [0.05, 0.1) is 10.4 Å². The van der Waals surface area contributed by atoms with Gasteiger partial charge < -0.3 is 23.2 Å². The van der Waals surface area contributed by atoms with Crippen LogP contribution in [-0.4, -0.2) is 21.7 Å². The normalized spacial score (nSPS) is 12.7. The van der Waals surface area contributed by atoms with Crippen LogP contribution in [0, 0.1) is 13.8 Å². The van der Waals surface area contributed by atoms with Crippen LogP contribution in [0.4, 0.5) is 5.82 Å². The smallest absolute Gasteiger partial charge is 0.225 e. The second kappa shape index (κ2) is 6.79. The average molecular weight is 302 g/mol. The lowest BCUT2D eigenvalue weighted by molar-refractivity contribution is -0.689. The highest BCUT2D eigenvalue weighted by Crippen LogP contribution is 2.13. The van der Waals surface area contributed by atoms with E-state index < -0.39 is 6.52 Å². The molecule has 7 heteroatoms. The molecule has 0 aliphatic rings. The van der Waals surface area contributed by atoms with E-state index in [2.05, 4.69) is 9.97 Å². The van der Waals surface area contributed by atoms with Crippen LogP contribution in [0.3, 0.4) is 0 Å². The Morgan fingerprint density at radius 1 is 1.53 bits per heavy atom. The average Bonchev–Trinajstić information content (AvgIpc) is 2.71. The van der Waals surface area contributed by atoms with Crippen molar-refractivity contribution in [1.29, 1.82) is 0 Å². The summed E-state index contributed by atoms with van der Waals surface area (Å²) in [5, 5.41) is 8.99. The van der Waals surface area contributed by atoms with E-state index in [1.54, 1.807) is 13.1 Å². The Hall–Kier alpha value is -1.24. The number of nitrogen functional groups attached to an aromatic ring is 1. The van der Waals surface area contributed by atoms with Crippen LogP contribution in [0.25, 0.3) is 0 Å². The first-order valence-electron chi connectivity index (χ1n) is 6.22. The molecule has 2 aromatic heterocycles. The number of rotatable bonds is 4. The largest absolute Gasteiger partial charge is 1.00 e. The standard InChI is InChI=1S/C12H17N4OS.ClH/c1-8-11(3-4-17)18-7-16(8)6-10-5-14-9(2)15-12(10)13;/h5,7,17H,3-4,6H2,1-2H3,(H2,13,14,15);1H/q+1;/p-1/i6D;/t6-;/m0./s1. The Balaban J connectivity index is 0.00000200. The summed E-state index contributed by atoms with van der Waals surface area (Å²) in [6.07, 6.45) is 2.21. The summed E-state index contributed by atoms with van der Waals surface area (Å²) in [6, 6.07) is 0. The number of hydrogen-bond acceptors (Lipinski definition) is 5. The predicted molar refractivity (Wildman–Crippen MR) is 70.3 cm³/mol. The summed E-state index contributed by atoms with van der Waals surface area (Å²) in [5.41, 5.74) is 9.29. The Labute approximate surface area is 124 Å². The van der Waals surface area contributed by atoms with Gasteiger partial charge >= 0.3 is 0 Å². The van der Waals surface area contributed by atoms with E-state index in [0.29, 0.717) is 23.6 Å². The third-order valence-corrected chi connectivity index (χ3v) is 3.80. The van der Waals surface area contributed by atoms with Gasteiger partial charge in [0.25, 0.3) is 0 Å². The second-order valence-electron chi connectivity index (χ2n) is 4.00. The van der Waals surface area contributed by atoms with Crippen molar-refractivity contribution in [2.24, 2.45) is 0 Å². The molecule has 104 valence electrons. The SMILES string of the molecule is [2H][C@@H](c1cnc(C)nc1N)[n+]1csc(CCO)c1C.[Cl-]. The molecule has 0 fully saturated rings. The molecule has 1 atom stereocenters. The first kappa shape index (κ1) is 14.2. The summed E-state index contributed by atoms with van der Waals surface area (Å²) >= 11 is 1.53. The highest BCUT2D eigenvalue weighted by atomic mass is 35.5. The van der Waals surface area contributed by atoms with Gasteiger partial charge in [0.2, 0.25) is 5.51 Å². The van der Waals surface area contributed by atoms with Crippen molar-refractivity contribution in [1.82, 2.24) is 9.97 Å². The molecule has 19 heavy (non-hydrogen) atoms. The second-order valence-corrected chi connectivity index (χ2v) is 4.94. The van der Waals surface area contributed by atoms with Gasteiger partial charge in [0.1, 0.15) is 13.0 Å². The number of aryl methyl sites for hydroxylation is 1. The number of anilines is 1. The number of aliphatic hydroxyl groups is 1. The maximum absolute atomic E-state index is 8.99. The van der Waals surface area contributed by atoms with Crippen LogP contribution >= 0.6 is 11.3 Å². The molecule has 0 radical (unpaired) electrons. The van der Waals surface area contributed by atoms with Gasteiger partial charge in [-0.05, 0) is 6.92 Å². The van der Waals surface area contributed by atoms with Crippen LogP contribution < -0.4 is 22.7 Å². The molecule has 2 aromatic rings.